The number of carboxylic acid groups (broad SMARTS) is 1. The lowest BCUT2D eigenvalue weighted by molar-refractivity contribution is -0.136. The number of nitrogens with zero attached hydrogens (tertiary/aromatic N) is 2. The molecule has 1 atom stereocenters. The molecule has 15 heteroatoms. The first-order valence-electron chi connectivity index (χ1n) is 17.1. The number of carbonyl (C=O) groups is 2. The van der Waals surface area contributed by atoms with E-state index >= 15 is 8.78 Å². The van der Waals surface area contributed by atoms with Crippen molar-refractivity contribution in [1.29, 1.82) is 0 Å². The van der Waals surface area contributed by atoms with Gasteiger partial charge in [-0.25, -0.2) is 27.0 Å². The summed E-state index contributed by atoms with van der Waals surface area (Å²) in [6, 6.07) is 23.3. The second-order valence-electron chi connectivity index (χ2n) is 13.3. The van der Waals surface area contributed by atoms with Crippen LogP contribution in [0.3, 0.4) is 0 Å². The van der Waals surface area contributed by atoms with Gasteiger partial charge >= 0.3 is 12.1 Å². The summed E-state index contributed by atoms with van der Waals surface area (Å²) in [6.45, 7) is 1.87. The van der Waals surface area contributed by atoms with Crippen molar-refractivity contribution in [3.63, 3.8) is 0 Å². The topological polar surface area (TPSA) is 155 Å². The van der Waals surface area contributed by atoms with Gasteiger partial charge in [-0.15, -0.1) is 0 Å². The van der Waals surface area contributed by atoms with Gasteiger partial charge < -0.3 is 29.4 Å². The number of nitrogens with one attached hydrogen (secondary N) is 2. The van der Waals surface area contributed by atoms with Gasteiger partial charge in [0, 0.05) is 63.2 Å². The van der Waals surface area contributed by atoms with E-state index in [-0.39, 0.29) is 59.5 Å². The molecule has 1 unspecified atom stereocenters. The Morgan fingerprint density at radius 3 is 2.51 bits per heavy atom. The molecule has 6 rings (SSSR count). The predicted octanol–water partition coefficient (Wildman–Crippen LogP) is 8.24. The maximum Gasteiger partial charge on any atom is 0.409 e. The molecule has 4 aromatic carbocycles. The molecule has 55 heavy (non-hydrogen) atoms. The number of amides is 1. The van der Waals surface area contributed by atoms with Crippen molar-refractivity contribution >= 4 is 55.4 Å². The Kier molecular flexibility index (Phi) is 11.9. The van der Waals surface area contributed by atoms with E-state index in [0.29, 0.717) is 16.6 Å². The Hall–Kier alpha value is -5.29. The van der Waals surface area contributed by atoms with Gasteiger partial charge in [0.1, 0.15) is 24.0 Å². The summed E-state index contributed by atoms with van der Waals surface area (Å²) in [5, 5.41) is 10.0. The maximum atomic E-state index is 15.4. The van der Waals surface area contributed by atoms with E-state index in [1.165, 1.54) is 36.3 Å². The minimum atomic E-state index is -3.68. The number of ether oxygens (including phenoxy) is 2. The zero-order chi connectivity index (χ0) is 39.3. The van der Waals surface area contributed by atoms with Crippen LogP contribution in [-0.2, 0) is 37.8 Å². The molecule has 1 amide bonds. The Balaban J connectivity index is 1.22. The second kappa shape index (κ2) is 16.6. The molecule has 0 aliphatic rings. The molecule has 0 fully saturated rings. The van der Waals surface area contributed by atoms with Crippen molar-refractivity contribution in [3.8, 4) is 22.9 Å². The van der Waals surface area contributed by atoms with Gasteiger partial charge in [0.15, 0.2) is 21.4 Å². The summed E-state index contributed by atoms with van der Waals surface area (Å²) in [5.74, 6) is -3.31. The summed E-state index contributed by atoms with van der Waals surface area (Å²) in [4.78, 5) is 36.0. The molecule has 6 aromatic rings. The van der Waals surface area contributed by atoms with E-state index in [0.717, 1.165) is 20.8 Å². The Bertz CT molecular complexity index is 2460. The van der Waals surface area contributed by atoms with E-state index in [1.807, 2.05) is 61.5 Å². The van der Waals surface area contributed by atoms with Crippen LogP contribution in [-0.4, -0.2) is 70.5 Å². The number of sulfone groups is 1. The van der Waals surface area contributed by atoms with Gasteiger partial charge in [-0.3, -0.25) is 4.79 Å². The lowest BCUT2D eigenvalue weighted by Crippen LogP contribution is -2.34. The zero-order valence-electron chi connectivity index (χ0n) is 29.8. The van der Waals surface area contributed by atoms with Crippen LogP contribution in [0.4, 0.5) is 13.6 Å². The number of H-pyrrole nitrogens is 2. The van der Waals surface area contributed by atoms with Crippen LogP contribution in [0.1, 0.15) is 35.7 Å². The van der Waals surface area contributed by atoms with Gasteiger partial charge in [-0.1, -0.05) is 42.5 Å². The minimum Gasteiger partial charge on any atom is -0.481 e. The average molecular weight is 883 g/mol. The summed E-state index contributed by atoms with van der Waals surface area (Å²) >= 11 is 2.17. The number of carboxylic acids is 1. The first-order valence-corrected chi connectivity index (χ1v) is 20.0. The SMILES string of the molecule is CN(CCS(=O)(=O)CCC(C)(c1cccc(I)c1)c1cnc(-c2cc(Oc3c(F)cc4[nH]ccc4c3CC(=O)O)ccc2F)[nH]1)C(=O)OCc1ccccc1. The standard InChI is InChI=1S/C40H37F2IN4O7S/c1-40(26-9-6-10-27(43)19-26,14-17-55(51,52)18-16-47(2)39(50)53-24-25-7-4-3-5-8-25)35-23-45-38(46-35)31-20-28(11-12-32(31)41)54-37-30(21-36(48)49)29-13-15-44-34(29)22-33(37)42/h3-13,15,19-20,22-23,44H,14,16-18,21,24H2,1-2H3,(H,45,46)(H,48,49). The first-order chi connectivity index (χ1) is 26.2. The molecule has 0 bridgehead atoms. The number of fused-ring (bicyclic) bond motifs is 1. The third-order valence-corrected chi connectivity index (χ3v) is 11.7. The molecule has 11 nitrogen and oxygen atoms in total. The van der Waals surface area contributed by atoms with Crippen LogP contribution in [0.25, 0.3) is 22.3 Å². The van der Waals surface area contributed by atoms with Crippen LogP contribution >= 0.6 is 22.6 Å². The molecule has 3 N–H and O–H groups in total. The van der Waals surface area contributed by atoms with Crippen molar-refractivity contribution in [1.82, 2.24) is 19.9 Å². The summed E-state index contributed by atoms with van der Waals surface area (Å²) in [5.41, 5.74) is 1.69. The maximum absolute atomic E-state index is 15.4. The molecule has 286 valence electrons. The lowest BCUT2D eigenvalue weighted by atomic mass is 9.77. The van der Waals surface area contributed by atoms with Crippen molar-refractivity contribution in [2.24, 2.45) is 0 Å². The normalized spacial score (nSPS) is 12.7. The number of halogens is 3. The summed E-state index contributed by atoms with van der Waals surface area (Å²) in [6.07, 6.45) is 2.06. The molecule has 2 heterocycles. The fraction of sp³-hybridized carbons (Fsp3) is 0.225. The molecule has 0 saturated carbocycles. The van der Waals surface area contributed by atoms with Gasteiger partial charge in [-0.05, 0) is 83.5 Å². The number of aromatic amines is 2. The Morgan fingerprint density at radius 2 is 1.76 bits per heavy atom. The number of rotatable bonds is 15. The van der Waals surface area contributed by atoms with Crippen LogP contribution < -0.4 is 4.74 Å². The van der Waals surface area contributed by atoms with Crippen molar-refractivity contribution < 1.29 is 41.4 Å². The molecular formula is C40H37F2IN4O7S. The van der Waals surface area contributed by atoms with E-state index in [4.69, 9.17) is 9.47 Å². The van der Waals surface area contributed by atoms with Crippen molar-refractivity contribution in [2.45, 2.75) is 31.8 Å². The fourth-order valence-corrected chi connectivity index (χ4v) is 8.21. The number of aliphatic carboxylic acids is 1. The van der Waals surface area contributed by atoms with Gasteiger partial charge in [0.25, 0.3) is 0 Å². The van der Waals surface area contributed by atoms with E-state index in [9.17, 15) is 23.1 Å². The van der Waals surface area contributed by atoms with Crippen LogP contribution in [0.5, 0.6) is 11.5 Å². The molecule has 0 aliphatic heterocycles. The van der Waals surface area contributed by atoms with E-state index in [1.54, 1.807) is 12.3 Å². The van der Waals surface area contributed by atoms with E-state index < -0.39 is 45.4 Å². The first kappa shape index (κ1) is 39.4. The molecule has 0 aliphatic carbocycles. The quantitative estimate of drug-likeness (QED) is 0.0872. The number of carbonyl (C=O) groups excluding carboxylic acids is 1. The Labute approximate surface area is 329 Å². The summed E-state index contributed by atoms with van der Waals surface area (Å²) in [7, 11) is -2.20. The minimum absolute atomic E-state index is 0.00790. The smallest absolute Gasteiger partial charge is 0.409 e. The monoisotopic (exact) mass is 882 g/mol. The number of hydrogen-bond acceptors (Lipinski definition) is 7. The highest BCUT2D eigenvalue weighted by molar-refractivity contribution is 14.1. The van der Waals surface area contributed by atoms with Crippen molar-refractivity contribution in [2.75, 3.05) is 25.1 Å². The van der Waals surface area contributed by atoms with Crippen LogP contribution in [0.2, 0.25) is 0 Å². The number of aromatic nitrogens is 3. The summed E-state index contributed by atoms with van der Waals surface area (Å²) < 4.78 is 69.7. The molecule has 0 saturated heterocycles. The zero-order valence-corrected chi connectivity index (χ0v) is 32.8. The largest absolute Gasteiger partial charge is 0.481 e. The molecule has 0 radical (unpaired) electrons. The Morgan fingerprint density at radius 1 is 0.982 bits per heavy atom. The van der Waals surface area contributed by atoms with E-state index in [2.05, 4.69) is 37.5 Å². The van der Waals surface area contributed by atoms with Gasteiger partial charge in [0.2, 0.25) is 0 Å². The molecule has 2 aromatic heterocycles. The van der Waals surface area contributed by atoms with Gasteiger partial charge in [0.05, 0.1) is 23.5 Å². The molecule has 0 spiro atoms. The molecular weight excluding hydrogens is 845 g/mol. The third-order valence-electron chi connectivity index (χ3n) is 9.41. The van der Waals surface area contributed by atoms with Gasteiger partial charge in [-0.2, -0.15) is 0 Å². The lowest BCUT2D eigenvalue weighted by Gasteiger charge is -2.29. The number of benzene rings is 4. The third kappa shape index (κ3) is 9.33. The highest BCUT2D eigenvalue weighted by Gasteiger charge is 2.34. The van der Waals surface area contributed by atoms with Crippen molar-refractivity contribution in [3.05, 3.63) is 135 Å². The number of hydrogen-bond donors (Lipinski definition) is 3. The number of imidazole rings is 1. The van der Waals surface area contributed by atoms with Crippen LogP contribution in [0, 0.1) is 15.2 Å². The second-order valence-corrected chi connectivity index (χ2v) is 16.8. The predicted molar refractivity (Wildman–Crippen MR) is 212 cm³/mol. The average Bonchev–Trinajstić information content (AvgIpc) is 3.85. The highest BCUT2D eigenvalue weighted by atomic mass is 127. The van der Waals surface area contributed by atoms with Crippen LogP contribution in [0.15, 0.2) is 97.3 Å². The fourth-order valence-electron chi connectivity index (χ4n) is 6.19. The highest BCUT2D eigenvalue weighted by Crippen LogP contribution is 2.39.